The van der Waals surface area contributed by atoms with E-state index in [1.54, 1.807) is 39.0 Å². The quantitative estimate of drug-likeness (QED) is 0.0952. The lowest BCUT2D eigenvalue weighted by Gasteiger charge is -2.36. The smallest absolute Gasteiger partial charge is 0.481 e. The predicted molar refractivity (Wildman–Crippen MR) is 174 cm³/mol. The van der Waals surface area contributed by atoms with Crippen molar-refractivity contribution in [3.8, 4) is 0 Å². The number of Topliss-reactive ketones (excluding diaryl/α,β-unsaturated/α-hetero) is 1. The van der Waals surface area contributed by atoms with Crippen LogP contribution in [0.25, 0.3) is 6.08 Å². The molecule has 1 heterocycles. The number of rotatable bonds is 17. The Labute approximate surface area is 274 Å². The number of hydrogen-bond acceptors (Lipinski definition) is 8. The molecule has 0 saturated heterocycles. The molecule has 1 aromatic rings. The Morgan fingerprint density at radius 1 is 1.14 bits per heavy atom. The second-order valence-corrected chi connectivity index (χ2v) is 15.5. The summed E-state index contributed by atoms with van der Waals surface area (Å²) in [6.07, 6.45) is 3.81. The van der Waals surface area contributed by atoms with Crippen LogP contribution in [0.15, 0.2) is 22.6 Å². The van der Waals surface area contributed by atoms with E-state index in [1.807, 2.05) is 45.2 Å². The lowest BCUT2D eigenvalue weighted by atomic mass is 9.69. The van der Waals surface area contributed by atoms with Gasteiger partial charge in [0.1, 0.15) is 18.5 Å². The van der Waals surface area contributed by atoms with Crippen LogP contribution in [0.5, 0.6) is 0 Å². The minimum atomic E-state index is -1.82. The maximum absolute atomic E-state index is 13.6. The summed E-state index contributed by atoms with van der Waals surface area (Å²) in [4.78, 5) is 41.8. The fourth-order valence-electron chi connectivity index (χ4n) is 4.74. The molecule has 0 aromatic carbocycles. The Bertz CT molecular complexity index is 1140. The van der Waals surface area contributed by atoms with Gasteiger partial charge in [0.2, 0.25) is 3.79 Å². The molecule has 1 rings (SSSR count). The average molecular weight is 683 g/mol. The Kier molecular flexibility index (Phi) is 16.2. The highest BCUT2D eigenvalue weighted by Crippen LogP contribution is 2.36. The van der Waals surface area contributed by atoms with Crippen molar-refractivity contribution in [3.05, 3.63) is 33.3 Å². The van der Waals surface area contributed by atoms with Crippen LogP contribution >= 0.6 is 46.1 Å². The monoisotopic (exact) mass is 681 g/mol. The molecular formula is C31H46Cl3NO7S. The van der Waals surface area contributed by atoms with E-state index in [2.05, 4.69) is 4.98 Å². The van der Waals surface area contributed by atoms with Crippen LogP contribution in [0.1, 0.15) is 91.3 Å². The zero-order valence-electron chi connectivity index (χ0n) is 26.3. The minimum absolute atomic E-state index is 0.169. The average Bonchev–Trinajstić information content (AvgIpc) is 3.31. The van der Waals surface area contributed by atoms with Gasteiger partial charge in [0.05, 0.1) is 22.7 Å². The molecule has 0 aliphatic heterocycles. The molecule has 2 N–H and O–H groups in total. The number of aliphatic hydroxyl groups is 1. The molecule has 0 amide bonds. The number of thiazole rings is 1. The summed E-state index contributed by atoms with van der Waals surface area (Å²) in [7, 11) is 0. The lowest BCUT2D eigenvalue weighted by Crippen LogP contribution is -2.44. The number of aliphatic hydroxyl groups excluding tert-OH is 1. The second kappa shape index (κ2) is 17.7. The predicted octanol–water partition coefficient (Wildman–Crippen LogP) is 8.59. The van der Waals surface area contributed by atoms with Crippen molar-refractivity contribution < 1.29 is 34.1 Å². The number of hydrogen-bond donors (Lipinski definition) is 2. The van der Waals surface area contributed by atoms with E-state index >= 15 is 0 Å². The second-order valence-electron chi connectivity index (χ2n) is 12.0. The van der Waals surface area contributed by atoms with Gasteiger partial charge in [0.15, 0.2) is 0 Å². The highest BCUT2D eigenvalue weighted by Gasteiger charge is 2.42. The van der Waals surface area contributed by atoms with Gasteiger partial charge in [0.25, 0.3) is 0 Å². The fourth-order valence-corrected chi connectivity index (χ4v) is 5.47. The number of carbonyl (C=O) groups is 3. The molecule has 0 bridgehead atoms. The van der Waals surface area contributed by atoms with Crippen molar-refractivity contribution in [2.75, 3.05) is 6.61 Å². The number of alkyl halides is 3. The summed E-state index contributed by atoms with van der Waals surface area (Å²) >= 11 is 18.6. The number of ether oxygens (including phenoxy) is 2. The number of halogens is 3. The van der Waals surface area contributed by atoms with Crippen molar-refractivity contribution >= 4 is 70.1 Å². The van der Waals surface area contributed by atoms with E-state index in [-0.39, 0.29) is 18.1 Å². The Morgan fingerprint density at radius 3 is 2.30 bits per heavy atom. The Balaban J connectivity index is 2.91. The molecular weight excluding hydrogens is 637 g/mol. The zero-order valence-corrected chi connectivity index (χ0v) is 29.4. The third-order valence-electron chi connectivity index (χ3n) is 7.86. The number of aliphatic carboxylic acids is 1. The van der Waals surface area contributed by atoms with Gasteiger partial charge in [-0.05, 0) is 69.9 Å². The SMILES string of the molecule is C/C(=C/CC(O)/C(C)=C/c1csc(C)n1)CCCC(C)C(OC(=O)OCC(Cl)(Cl)Cl)C(C)C(=O)C(C)(C)[C@@H](C)CC(=O)O. The van der Waals surface area contributed by atoms with Gasteiger partial charge >= 0.3 is 12.1 Å². The largest absolute Gasteiger partial charge is 0.508 e. The summed E-state index contributed by atoms with van der Waals surface area (Å²) in [5, 5.41) is 22.8. The number of allylic oxidation sites excluding steroid dienone is 1. The van der Waals surface area contributed by atoms with Gasteiger partial charge in [0, 0.05) is 17.2 Å². The van der Waals surface area contributed by atoms with E-state index < -0.39 is 52.0 Å². The molecule has 244 valence electrons. The van der Waals surface area contributed by atoms with Crippen molar-refractivity contribution in [3.63, 3.8) is 0 Å². The first-order valence-electron chi connectivity index (χ1n) is 14.3. The number of carboxylic acid groups (broad SMARTS) is 1. The van der Waals surface area contributed by atoms with E-state index in [0.29, 0.717) is 12.8 Å². The van der Waals surface area contributed by atoms with Crippen molar-refractivity contribution in [1.82, 2.24) is 4.98 Å². The van der Waals surface area contributed by atoms with Crippen molar-refractivity contribution in [2.24, 2.45) is 23.2 Å². The number of aromatic nitrogens is 1. The first-order valence-corrected chi connectivity index (χ1v) is 16.4. The van der Waals surface area contributed by atoms with Crippen molar-refractivity contribution in [2.45, 2.75) is 103 Å². The molecule has 0 aliphatic carbocycles. The van der Waals surface area contributed by atoms with Crippen LogP contribution in [0, 0.1) is 30.1 Å². The normalized spacial score (nSPS) is 16.7. The highest BCUT2D eigenvalue weighted by atomic mass is 35.6. The molecule has 0 saturated carbocycles. The van der Waals surface area contributed by atoms with Gasteiger partial charge in [-0.15, -0.1) is 11.3 Å². The number of nitrogens with zero attached hydrogens (tertiary/aromatic N) is 1. The van der Waals surface area contributed by atoms with Gasteiger partial charge in [-0.3, -0.25) is 9.59 Å². The van der Waals surface area contributed by atoms with E-state index in [4.69, 9.17) is 44.3 Å². The standard InChI is InChI=1S/C31H46Cl3NO7S/c1-18(12-13-25(36)20(3)14-24-16-43-23(6)35-24)10-9-11-19(2)27(42-29(40)41-17-31(32,33)34)22(5)28(39)30(7,8)21(4)15-26(37)38/h12,14,16,19,21-22,25,27,36H,9-11,13,15,17H2,1-8H3,(H,37,38)/b18-12-,20-14+/t19?,21-,22?,25?,27?/m0/s1. The maximum Gasteiger partial charge on any atom is 0.508 e. The molecule has 4 unspecified atom stereocenters. The summed E-state index contributed by atoms with van der Waals surface area (Å²) in [5.74, 6) is -2.64. The van der Waals surface area contributed by atoms with Gasteiger partial charge < -0.3 is 19.7 Å². The third-order valence-corrected chi connectivity index (χ3v) is 8.98. The Hall–Kier alpha value is -1.65. The third kappa shape index (κ3) is 14.3. The van der Waals surface area contributed by atoms with E-state index in [9.17, 15) is 24.6 Å². The maximum atomic E-state index is 13.6. The first-order chi connectivity index (χ1) is 19.7. The van der Waals surface area contributed by atoms with Crippen LogP contribution in [0.4, 0.5) is 4.79 Å². The number of carbonyl (C=O) groups excluding carboxylic acids is 2. The first kappa shape index (κ1) is 39.4. The lowest BCUT2D eigenvalue weighted by molar-refractivity contribution is -0.143. The molecule has 0 radical (unpaired) electrons. The van der Waals surface area contributed by atoms with Crippen molar-refractivity contribution in [1.29, 1.82) is 0 Å². The molecule has 12 heteroatoms. The molecule has 1 aromatic heterocycles. The van der Waals surface area contributed by atoms with Crippen LogP contribution in [-0.4, -0.2) is 55.7 Å². The minimum Gasteiger partial charge on any atom is -0.481 e. The van der Waals surface area contributed by atoms with Crippen LogP contribution in [0.3, 0.4) is 0 Å². The summed E-state index contributed by atoms with van der Waals surface area (Å²) in [6, 6.07) is 0. The summed E-state index contributed by atoms with van der Waals surface area (Å²) < 4.78 is 8.78. The zero-order chi connectivity index (χ0) is 33.1. The molecule has 0 fully saturated rings. The number of ketones is 1. The number of aryl methyl sites for hydroxylation is 1. The Morgan fingerprint density at radius 2 is 1.77 bits per heavy atom. The molecule has 8 nitrogen and oxygen atoms in total. The van der Waals surface area contributed by atoms with E-state index in [1.165, 1.54) is 0 Å². The molecule has 0 spiro atoms. The topological polar surface area (TPSA) is 123 Å². The van der Waals surface area contributed by atoms with Gasteiger partial charge in [-0.2, -0.15) is 0 Å². The molecule has 5 atom stereocenters. The van der Waals surface area contributed by atoms with Crippen LogP contribution in [0.2, 0.25) is 0 Å². The number of carboxylic acids is 1. The summed E-state index contributed by atoms with van der Waals surface area (Å²) in [5.41, 5.74) is 1.81. The van der Waals surface area contributed by atoms with Crippen LogP contribution in [-0.2, 0) is 19.1 Å². The highest BCUT2D eigenvalue weighted by molar-refractivity contribution is 7.09. The molecule has 0 aliphatic rings. The fraction of sp³-hybridized carbons (Fsp3) is 0.677. The summed E-state index contributed by atoms with van der Waals surface area (Å²) in [6.45, 7) is 14.0. The van der Waals surface area contributed by atoms with Gasteiger partial charge in [-0.25, -0.2) is 9.78 Å². The van der Waals surface area contributed by atoms with Crippen LogP contribution < -0.4 is 0 Å². The van der Waals surface area contributed by atoms with Gasteiger partial charge in [-0.1, -0.05) is 81.1 Å². The molecule has 43 heavy (non-hydrogen) atoms. The van der Waals surface area contributed by atoms with E-state index in [0.717, 1.165) is 34.7 Å².